The van der Waals surface area contributed by atoms with Gasteiger partial charge < -0.3 is 5.32 Å². The number of pyridine rings is 2. The summed E-state index contributed by atoms with van der Waals surface area (Å²) in [6.07, 6.45) is 4.72. The quantitative estimate of drug-likeness (QED) is 0.311. The number of carbonyl (C=O) groups excluding carboxylic acids is 2. The fourth-order valence-electron chi connectivity index (χ4n) is 3.81. The molecule has 8 nitrogen and oxygen atoms in total. The number of ketones is 1. The topological polar surface area (TPSA) is 109 Å². The average molecular weight is 549 g/mol. The van der Waals surface area contributed by atoms with Crippen LogP contribution in [-0.2, 0) is 27.9 Å². The number of rotatable bonds is 10. The number of sulfonamides is 1. The van der Waals surface area contributed by atoms with Crippen LogP contribution in [0.4, 0.5) is 0 Å². The Morgan fingerprint density at radius 1 is 0.895 bits per heavy atom. The van der Waals surface area contributed by atoms with Crippen LogP contribution in [0, 0.1) is 0 Å². The van der Waals surface area contributed by atoms with E-state index in [1.165, 1.54) is 35.5 Å². The summed E-state index contributed by atoms with van der Waals surface area (Å²) < 4.78 is 28.3. The molecule has 0 fully saturated rings. The Kier molecular flexibility index (Phi) is 8.62. The Morgan fingerprint density at radius 2 is 1.58 bits per heavy atom. The fraction of sp³-hybridized carbons (Fsp3) is 0.143. The van der Waals surface area contributed by atoms with E-state index in [1.807, 2.05) is 0 Å². The third-order valence-corrected chi connectivity index (χ3v) is 7.87. The SMILES string of the molecule is CC(=O)C(NC(=O)c1ccc(CN(Cc2ccccn2)S(=O)(=O)c2ccc(Cl)cc2)cc1)c1ccncc1. The van der Waals surface area contributed by atoms with Gasteiger partial charge in [-0.3, -0.25) is 19.6 Å². The predicted molar refractivity (Wildman–Crippen MR) is 144 cm³/mol. The van der Waals surface area contributed by atoms with Crippen molar-refractivity contribution < 1.29 is 18.0 Å². The van der Waals surface area contributed by atoms with Crippen molar-refractivity contribution in [2.24, 2.45) is 0 Å². The summed E-state index contributed by atoms with van der Waals surface area (Å²) in [6, 6.07) is 20.4. The van der Waals surface area contributed by atoms with Crippen LogP contribution >= 0.6 is 11.6 Å². The van der Waals surface area contributed by atoms with Gasteiger partial charge in [0.1, 0.15) is 6.04 Å². The zero-order valence-corrected chi connectivity index (χ0v) is 22.1. The number of Topliss-reactive ketones (excluding diaryl/α,β-unsaturated/α-hetero) is 1. The summed E-state index contributed by atoms with van der Waals surface area (Å²) in [7, 11) is -3.88. The van der Waals surface area contributed by atoms with Crippen LogP contribution in [-0.4, -0.2) is 34.4 Å². The molecule has 0 spiro atoms. The summed E-state index contributed by atoms with van der Waals surface area (Å²) in [5, 5.41) is 3.19. The Labute approximate surface area is 226 Å². The molecule has 0 aliphatic heterocycles. The molecule has 10 heteroatoms. The van der Waals surface area contributed by atoms with E-state index < -0.39 is 22.0 Å². The van der Waals surface area contributed by atoms with Crippen LogP contribution in [0.2, 0.25) is 5.02 Å². The summed E-state index contributed by atoms with van der Waals surface area (Å²) in [6.45, 7) is 1.52. The van der Waals surface area contributed by atoms with E-state index in [0.717, 1.165) is 0 Å². The van der Waals surface area contributed by atoms with Gasteiger partial charge >= 0.3 is 0 Å². The third kappa shape index (κ3) is 6.69. The first-order valence-electron chi connectivity index (χ1n) is 11.7. The molecule has 0 radical (unpaired) electrons. The number of aromatic nitrogens is 2. The van der Waals surface area contributed by atoms with Crippen molar-refractivity contribution in [2.45, 2.75) is 31.0 Å². The number of hydrogen-bond acceptors (Lipinski definition) is 6. The zero-order valence-electron chi connectivity index (χ0n) is 20.5. The van der Waals surface area contributed by atoms with E-state index in [9.17, 15) is 18.0 Å². The van der Waals surface area contributed by atoms with Crippen LogP contribution in [0.5, 0.6) is 0 Å². The molecule has 0 aliphatic rings. The van der Waals surface area contributed by atoms with Crippen LogP contribution in [0.3, 0.4) is 0 Å². The minimum absolute atomic E-state index is 0.0521. The number of benzene rings is 2. The van der Waals surface area contributed by atoms with Crippen LogP contribution in [0.25, 0.3) is 0 Å². The lowest BCUT2D eigenvalue weighted by Gasteiger charge is -2.22. The fourth-order valence-corrected chi connectivity index (χ4v) is 5.33. The highest BCUT2D eigenvalue weighted by Crippen LogP contribution is 2.23. The van der Waals surface area contributed by atoms with Crippen LogP contribution in [0.15, 0.2) is 102 Å². The van der Waals surface area contributed by atoms with Crippen LogP contribution in [0.1, 0.15) is 40.1 Å². The van der Waals surface area contributed by atoms with E-state index in [-0.39, 0.29) is 23.8 Å². The van der Waals surface area contributed by atoms with Crippen molar-refractivity contribution in [1.29, 1.82) is 0 Å². The Bertz CT molecular complexity index is 1500. The van der Waals surface area contributed by atoms with Crippen molar-refractivity contribution in [3.63, 3.8) is 0 Å². The zero-order chi connectivity index (χ0) is 27.1. The Hall–Kier alpha value is -3.92. The van der Waals surface area contributed by atoms with E-state index in [0.29, 0.717) is 27.4 Å². The molecule has 0 aliphatic carbocycles. The van der Waals surface area contributed by atoms with Gasteiger partial charge in [0.05, 0.1) is 17.1 Å². The normalized spacial score (nSPS) is 12.2. The largest absolute Gasteiger partial charge is 0.338 e. The second kappa shape index (κ2) is 12.1. The van der Waals surface area contributed by atoms with Gasteiger partial charge in [-0.2, -0.15) is 4.31 Å². The summed E-state index contributed by atoms with van der Waals surface area (Å²) >= 11 is 5.95. The molecule has 0 saturated heterocycles. The van der Waals surface area contributed by atoms with E-state index in [2.05, 4.69) is 15.3 Å². The molecule has 1 atom stereocenters. The van der Waals surface area contributed by atoms with Gasteiger partial charge in [0.15, 0.2) is 5.78 Å². The van der Waals surface area contributed by atoms with Crippen molar-refractivity contribution >= 4 is 33.3 Å². The molecule has 2 heterocycles. The average Bonchev–Trinajstić information content (AvgIpc) is 2.93. The Balaban J connectivity index is 1.55. The summed E-state index contributed by atoms with van der Waals surface area (Å²) in [4.78, 5) is 33.4. The van der Waals surface area contributed by atoms with E-state index in [4.69, 9.17) is 11.6 Å². The lowest BCUT2D eigenvalue weighted by molar-refractivity contribution is -0.118. The third-order valence-electron chi connectivity index (χ3n) is 5.81. The molecular weight excluding hydrogens is 524 g/mol. The number of nitrogens with one attached hydrogen (secondary N) is 1. The first-order chi connectivity index (χ1) is 18.2. The molecule has 0 saturated carbocycles. The smallest absolute Gasteiger partial charge is 0.252 e. The first kappa shape index (κ1) is 27.1. The van der Waals surface area contributed by atoms with Gasteiger partial charge in [0.2, 0.25) is 10.0 Å². The molecule has 1 unspecified atom stereocenters. The van der Waals surface area contributed by atoms with E-state index in [1.54, 1.807) is 73.2 Å². The number of hydrogen-bond donors (Lipinski definition) is 1. The maximum absolute atomic E-state index is 13.5. The highest BCUT2D eigenvalue weighted by molar-refractivity contribution is 7.89. The molecule has 2 aromatic carbocycles. The number of nitrogens with zero attached hydrogens (tertiary/aromatic N) is 3. The van der Waals surface area contributed by atoms with Gasteiger partial charge in [0.25, 0.3) is 5.91 Å². The number of amides is 1. The van der Waals surface area contributed by atoms with Gasteiger partial charge in [-0.15, -0.1) is 0 Å². The van der Waals surface area contributed by atoms with Crippen molar-refractivity contribution in [3.8, 4) is 0 Å². The van der Waals surface area contributed by atoms with E-state index >= 15 is 0 Å². The second-order valence-corrected chi connectivity index (χ2v) is 10.9. The molecular formula is C28H25ClN4O4S. The van der Waals surface area contributed by atoms with Crippen molar-refractivity contribution in [1.82, 2.24) is 19.6 Å². The van der Waals surface area contributed by atoms with Crippen molar-refractivity contribution in [2.75, 3.05) is 0 Å². The maximum Gasteiger partial charge on any atom is 0.252 e. The number of halogens is 1. The standard InChI is InChI=1S/C28H25ClN4O4S/c1-20(34)27(22-13-16-30-17-14-22)32-28(35)23-7-5-21(6-8-23)18-33(19-25-4-2-3-15-31-25)38(36,37)26-11-9-24(29)10-12-26/h2-17,27H,18-19H2,1H3,(H,32,35). The molecule has 4 aromatic rings. The monoisotopic (exact) mass is 548 g/mol. The van der Waals surface area contributed by atoms with Gasteiger partial charge in [-0.25, -0.2) is 8.42 Å². The lowest BCUT2D eigenvalue weighted by Crippen LogP contribution is -2.33. The maximum atomic E-state index is 13.5. The van der Waals surface area contributed by atoms with Crippen molar-refractivity contribution in [3.05, 3.63) is 125 Å². The highest BCUT2D eigenvalue weighted by atomic mass is 35.5. The van der Waals surface area contributed by atoms with Crippen LogP contribution < -0.4 is 5.32 Å². The highest BCUT2D eigenvalue weighted by Gasteiger charge is 2.26. The van der Waals surface area contributed by atoms with Gasteiger partial charge in [-0.05, 0) is 78.7 Å². The summed E-state index contributed by atoms with van der Waals surface area (Å²) in [5.74, 6) is -0.633. The predicted octanol–water partition coefficient (Wildman–Crippen LogP) is 4.58. The molecule has 1 amide bonds. The minimum atomic E-state index is -3.88. The van der Waals surface area contributed by atoms with Gasteiger partial charge in [-0.1, -0.05) is 29.8 Å². The molecule has 194 valence electrons. The Morgan fingerprint density at radius 3 is 2.18 bits per heavy atom. The minimum Gasteiger partial charge on any atom is -0.338 e. The first-order valence-corrected chi connectivity index (χ1v) is 13.5. The molecule has 4 rings (SSSR count). The second-order valence-electron chi connectivity index (χ2n) is 8.54. The van der Waals surface area contributed by atoms with Gasteiger partial charge in [0, 0.05) is 35.7 Å². The lowest BCUT2D eigenvalue weighted by atomic mass is 10.0. The summed E-state index contributed by atoms with van der Waals surface area (Å²) in [5.41, 5.74) is 2.24. The molecule has 38 heavy (non-hydrogen) atoms. The number of carbonyl (C=O) groups is 2. The molecule has 2 aromatic heterocycles. The molecule has 0 bridgehead atoms. The molecule has 1 N–H and O–H groups in total.